The molecule has 0 saturated carbocycles. The van der Waals surface area contributed by atoms with Gasteiger partial charge in [0.05, 0.1) is 0 Å². The maximum absolute atomic E-state index is 13.0. The largest absolute Gasteiger partial charge is 0.241 e. The third-order valence-electron chi connectivity index (χ3n) is 2.27. The summed E-state index contributed by atoms with van der Waals surface area (Å²) >= 11 is 0. The first-order valence-corrected chi connectivity index (χ1v) is 4.72. The molecule has 15 heavy (non-hydrogen) atoms. The summed E-state index contributed by atoms with van der Waals surface area (Å²) in [6.07, 6.45) is 3.49. The molecular weight excluding hydrogens is 191 g/mol. The lowest BCUT2D eigenvalue weighted by Crippen LogP contribution is -1.89. The molecule has 2 rings (SSSR count). The fourth-order valence-electron chi connectivity index (χ4n) is 1.37. The van der Waals surface area contributed by atoms with Crippen LogP contribution in [0.5, 0.6) is 0 Å². The van der Waals surface area contributed by atoms with Crippen molar-refractivity contribution < 1.29 is 4.39 Å². The molecule has 0 amide bonds. The van der Waals surface area contributed by atoms with Gasteiger partial charge in [0.1, 0.15) is 11.6 Å². The van der Waals surface area contributed by atoms with E-state index in [4.69, 9.17) is 0 Å². The van der Waals surface area contributed by atoms with E-state index >= 15 is 0 Å². The second kappa shape index (κ2) is 3.77. The van der Waals surface area contributed by atoms with Crippen LogP contribution in [0.25, 0.3) is 11.1 Å². The zero-order valence-corrected chi connectivity index (χ0v) is 8.66. The highest BCUT2D eigenvalue weighted by Gasteiger charge is 2.02. The molecule has 0 aliphatic carbocycles. The van der Waals surface area contributed by atoms with Gasteiger partial charge >= 0.3 is 0 Å². The van der Waals surface area contributed by atoms with Crippen molar-refractivity contribution >= 4 is 0 Å². The molecule has 1 heterocycles. The molecule has 0 fully saturated rings. The molecule has 76 valence electrons. The van der Waals surface area contributed by atoms with Crippen molar-refractivity contribution in [2.45, 2.75) is 13.8 Å². The molecule has 0 aliphatic rings. The number of aryl methyl sites for hydroxylation is 2. The zero-order valence-electron chi connectivity index (χ0n) is 8.66. The number of halogens is 1. The maximum atomic E-state index is 13.0. The normalized spacial score (nSPS) is 10.3. The number of benzene rings is 1. The Labute approximate surface area is 87.8 Å². The minimum Gasteiger partial charge on any atom is -0.241 e. The first-order chi connectivity index (χ1) is 7.16. The van der Waals surface area contributed by atoms with E-state index in [9.17, 15) is 4.39 Å². The van der Waals surface area contributed by atoms with Gasteiger partial charge in [0.25, 0.3) is 0 Å². The van der Waals surface area contributed by atoms with Gasteiger partial charge in [-0.25, -0.2) is 14.4 Å². The highest BCUT2D eigenvalue weighted by Crippen LogP contribution is 2.20. The van der Waals surface area contributed by atoms with Crippen LogP contribution in [0.3, 0.4) is 0 Å². The molecule has 2 aromatic rings. The molecule has 0 atom stereocenters. The van der Waals surface area contributed by atoms with Crippen LogP contribution in [-0.4, -0.2) is 9.97 Å². The first kappa shape index (κ1) is 9.77. The summed E-state index contributed by atoms with van der Waals surface area (Å²) in [5.74, 6) is 0.546. The van der Waals surface area contributed by atoms with Crippen molar-refractivity contribution in [2.24, 2.45) is 0 Å². The smallest absolute Gasteiger partial charge is 0.126 e. The summed E-state index contributed by atoms with van der Waals surface area (Å²) in [5, 5.41) is 0. The Hall–Kier alpha value is -1.77. The molecular formula is C12H11FN2. The van der Waals surface area contributed by atoms with Crippen LogP contribution in [0, 0.1) is 19.7 Å². The molecule has 0 spiro atoms. The fourth-order valence-corrected chi connectivity index (χ4v) is 1.37. The van der Waals surface area contributed by atoms with Crippen molar-refractivity contribution in [3.8, 4) is 11.1 Å². The van der Waals surface area contributed by atoms with Gasteiger partial charge in [-0.1, -0.05) is 6.07 Å². The van der Waals surface area contributed by atoms with Crippen LogP contribution in [-0.2, 0) is 0 Å². The number of nitrogens with zero attached hydrogens (tertiary/aromatic N) is 2. The number of aromatic nitrogens is 2. The van der Waals surface area contributed by atoms with Gasteiger partial charge in [-0.3, -0.25) is 0 Å². The monoisotopic (exact) mass is 202 g/mol. The third kappa shape index (κ3) is 2.01. The predicted molar refractivity (Wildman–Crippen MR) is 56.9 cm³/mol. The van der Waals surface area contributed by atoms with Crippen molar-refractivity contribution in [2.75, 3.05) is 0 Å². The van der Waals surface area contributed by atoms with Crippen LogP contribution < -0.4 is 0 Å². The van der Waals surface area contributed by atoms with Gasteiger partial charge in [0, 0.05) is 18.0 Å². The molecule has 0 radical (unpaired) electrons. The summed E-state index contributed by atoms with van der Waals surface area (Å²) in [5.41, 5.74) is 2.48. The van der Waals surface area contributed by atoms with Gasteiger partial charge < -0.3 is 0 Å². The lowest BCUT2D eigenvalue weighted by Gasteiger charge is -2.03. The number of rotatable bonds is 1. The minimum absolute atomic E-state index is 0.188. The quantitative estimate of drug-likeness (QED) is 0.710. The van der Waals surface area contributed by atoms with Crippen LogP contribution in [0.15, 0.2) is 30.6 Å². The number of hydrogen-bond donors (Lipinski definition) is 0. The zero-order chi connectivity index (χ0) is 10.8. The predicted octanol–water partition coefficient (Wildman–Crippen LogP) is 2.90. The number of hydrogen-bond acceptors (Lipinski definition) is 2. The SMILES string of the molecule is Cc1ncc(-c2ccc(F)c(C)c2)cn1. The Morgan fingerprint density at radius 3 is 2.27 bits per heavy atom. The van der Waals surface area contributed by atoms with Crippen LogP contribution in [0.1, 0.15) is 11.4 Å². The van der Waals surface area contributed by atoms with E-state index < -0.39 is 0 Å². The molecule has 0 bridgehead atoms. The van der Waals surface area contributed by atoms with Gasteiger partial charge in [0.15, 0.2) is 0 Å². The summed E-state index contributed by atoms with van der Waals surface area (Å²) in [6.45, 7) is 3.58. The van der Waals surface area contributed by atoms with Gasteiger partial charge in [-0.15, -0.1) is 0 Å². The van der Waals surface area contributed by atoms with E-state index in [1.165, 1.54) is 6.07 Å². The lowest BCUT2D eigenvalue weighted by atomic mass is 10.1. The van der Waals surface area contributed by atoms with Crippen molar-refractivity contribution in [3.63, 3.8) is 0 Å². The van der Waals surface area contributed by atoms with E-state index in [1.807, 2.05) is 6.92 Å². The van der Waals surface area contributed by atoms with Gasteiger partial charge in [0.2, 0.25) is 0 Å². The average molecular weight is 202 g/mol. The fraction of sp³-hybridized carbons (Fsp3) is 0.167. The van der Waals surface area contributed by atoms with Gasteiger partial charge in [-0.2, -0.15) is 0 Å². The van der Waals surface area contributed by atoms with Crippen molar-refractivity contribution in [1.82, 2.24) is 9.97 Å². The standard InChI is InChI=1S/C12H11FN2/c1-8-5-10(3-4-12(8)13)11-6-14-9(2)15-7-11/h3-7H,1-2H3. The Balaban J connectivity index is 2.45. The first-order valence-electron chi connectivity index (χ1n) is 4.72. The van der Waals surface area contributed by atoms with Gasteiger partial charge in [-0.05, 0) is 37.1 Å². The Kier molecular flexibility index (Phi) is 2.46. The Morgan fingerprint density at radius 1 is 1.00 bits per heavy atom. The lowest BCUT2D eigenvalue weighted by molar-refractivity contribution is 0.619. The molecule has 0 unspecified atom stereocenters. The highest BCUT2D eigenvalue weighted by atomic mass is 19.1. The molecule has 0 aliphatic heterocycles. The molecule has 0 saturated heterocycles. The molecule has 2 nitrogen and oxygen atoms in total. The van der Waals surface area contributed by atoms with E-state index in [0.29, 0.717) is 5.56 Å². The van der Waals surface area contributed by atoms with Crippen molar-refractivity contribution in [3.05, 3.63) is 47.8 Å². The Morgan fingerprint density at radius 2 is 1.67 bits per heavy atom. The van der Waals surface area contributed by atoms with E-state index in [-0.39, 0.29) is 5.82 Å². The summed E-state index contributed by atoms with van der Waals surface area (Å²) in [4.78, 5) is 8.21. The minimum atomic E-state index is -0.188. The molecule has 0 N–H and O–H groups in total. The maximum Gasteiger partial charge on any atom is 0.126 e. The summed E-state index contributed by atoms with van der Waals surface area (Å²) in [6, 6.07) is 4.99. The molecule has 3 heteroatoms. The van der Waals surface area contributed by atoms with E-state index in [2.05, 4.69) is 9.97 Å². The Bertz CT molecular complexity index is 477. The summed E-state index contributed by atoms with van der Waals surface area (Å²) in [7, 11) is 0. The molecule has 1 aromatic heterocycles. The van der Waals surface area contributed by atoms with E-state index in [0.717, 1.165) is 17.0 Å². The van der Waals surface area contributed by atoms with E-state index in [1.54, 1.807) is 31.5 Å². The van der Waals surface area contributed by atoms with Crippen LogP contribution in [0.4, 0.5) is 4.39 Å². The third-order valence-corrected chi connectivity index (χ3v) is 2.27. The second-order valence-electron chi connectivity index (χ2n) is 3.48. The highest BCUT2D eigenvalue weighted by molar-refractivity contribution is 5.62. The second-order valence-corrected chi connectivity index (χ2v) is 3.48. The summed E-state index contributed by atoms with van der Waals surface area (Å²) < 4.78 is 13.0. The van der Waals surface area contributed by atoms with Crippen LogP contribution in [0.2, 0.25) is 0 Å². The average Bonchev–Trinajstić information content (AvgIpc) is 2.23. The van der Waals surface area contributed by atoms with Crippen molar-refractivity contribution in [1.29, 1.82) is 0 Å². The van der Waals surface area contributed by atoms with Crippen LogP contribution >= 0.6 is 0 Å². The molecule has 1 aromatic carbocycles. The topological polar surface area (TPSA) is 25.8 Å².